The molecule has 1 fully saturated rings. The molecule has 1 atom stereocenters. The fourth-order valence-corrected chi connectivity index (χ4v) is 2.92. The van der Waals surface area contributed by atoms with Crippen LogP contribution in [0.3, 0.4) is 0 Å². The summed E-state index contributed by atoms with van der Waals surface area (Å²) in [5.74, 6) is 1.30. The summed E-state index contributed by atoms with van der Waals surface area (Å²) in [6.45, 7) is 7.88. The van der Waals surface area contributed by atoms with E-state index >= 15 is 0 Å². The summed E-state index contributed by atoms with van der Waals surface area (Å²) >= 11 is 0. The van der Waals surface area contributed by atoms with Crippen LogP contribution in [0.1, 0.15) is 39.9 Å². The van der Waals surface area contributed by atoms with Crippen LogP contribution in [0.25, 0.3) is 0 Å². The number of nitrogens with one attached hydrogen (secondary N) is 1. The number of aryl methyl sites for hydroxylation is 1. The predicted molar refractivity (Wildman–Crippen MR) is 77.1 cm³/mol. The van der Waals surface area contributed by atoms with Crippen molar-refractivity contribution in [1.29, 1.82) is 0 Å². The molecule has 1 N–H and O–H groups in total. The van der Waals surface area contributed by atoms with Crippen LogP contribution in [0.2, 0.25) is 0 Å². The zero-order valence-electron chi connectivity index (χ0n) is 12.3. The average molecular weight is 261 g/mol. The minimum Gasteiger partial charge on any atom is -0.496 e. The second kappa shape index (κ2) is 5.74. The zero-order valence-corrected chi connectivity index (χ0v) is 12.3. The maximum atomic E-state index is 12.6. The summed E-state index contributed by atoms with van der Waals surface area (Å²) in [6, 6.07) is 1.98. The van der Waals surface area contributed by atoms with E-state index in [9.17, 15) is 4.79 Å². The molecule has 0 amide bonds. The van der Waals surface area contributed by atoms with Crippen molar-refractivity contribution < 1.29 is 9.53 Å². The third kappa shape index (κ3) is 2.66. The summed E-state index contributed by atoms with van der Waals surface area (Å²) in [6.07, 6.45) is 2.08. The van der Waals surface area contributed by atoms with Crippen molar-refractivity contribution in [2.75, 3.05) is 20.2 Å². The second-order valence-corrected chi connectivity index (χ2v) is 5.43. The molecule has 1 aliphatic rings. The smallest absolute Gasteiger partial charge is 0.167 e. The number of Topliss-reactive ketones (excluding diaryl/α,β-unsaturated/α-hetero) is 1. The van der Waals surface area contributed by atoms with Crippen molar-refractivity contribution in [3.63, 3.8) is 0 Å². The number of rotatable bonds is 3. The number of piperidine rings is 1. The van der Waals surface area contributed by atoms with Crippen LogP contribution >= 0.6 is 0 Å². The van der Waals surface area contributed by atoms with Gasteiger partial charge >= 0.3 is 0 Å². The number of ether oxygens (including phenoxy) is 1. The van der Waals surface area contributed by atoms with Gasteiger partial charge in [0.1, 0.15) is 5.75 Å². The number of hydrogen-bond acceptors (Lipinski definition) is 3. The molecule has 1 heterocycles. The van der Waals surface area contributed by atoms with E-state index in [-0.39, 0.29) is 11.7 Å². The maximum Gasteiger partial charge on any atom is 0.167 e. The van der Waals surface area contributed by atoms with Crippen LogP contribution in [0.5, 0.6) is 5.75 Å². The Hall–Kier alpha value is -1.35. The summed E-state index contributed by atoms with van der Waals surface area (Å²) in [7, 11) is 1.68. The monoisotopic (exact) mass is 261 g/mol. The van der Waals surface area contributed by atoms with E-state index < -0.39 is 0 Å². The number of methoxy groups -OCH3 is 1. The van der Waals surface area contributed by atoms with Gasteiger partial charge in [0.15, 0.2) is 5.78 Å². The van der Waals surface area contributed by atoms with Crippen LogP contribution < -0.4 is 10.1 Å². The highest BCUT2D eigenvalue weighted by Crippen LogP contribution is 2.30. The largest absolute Gasteiger partial charge is 0.496 e. The van der Waals surface area contributed by atoms with Gasteiger partial charge in [-0.1, -0.05) is 0 Å². The van der Waals surface area contributed by atoms with E-state index in [0.717, 1.165) is 53.9 Å². The topological polar surface area (TPSA) is 38.3 Å². The molecule has 0 aliphatic carbocycles. The van der Waals surface area contributed by atoms with Crippen LogP contribution in [0, 0.1) is 26.7 Å². The van der Waals surface area contributed by atoms with Crippen molar-refractivity contribution in [2.24, 2.45) is 5.92 Å². The van der Waals surface area contributed by atoms with Gasteiger partial charge in [0, 0.05) is 18.0 Å². The van der Waals surface area contributed by atoms with E-state index in [4.69, 9.17) is 4.74 Å². The molecule has 1 aromatic rings. The predicted octanol–water partition coefficient (Wildman–Crippen LogP) is 2.80. The first-order valence-corrected chi connectivity index (χ1v) is 6.96. The summed E-state index contributed by atoms with van der Waals surface area (Å²) in [5, 5.41) is 3.31. The fourth-order valence-electron chi connectivity index (χ4n) is 2.92. The van der Waals surface area contributed by atoms with Gasteiger partial charge in [-0.3, -0.25) is 4.79 Å². The first-order chi connectivity index (χ1) is 9.06. The van der Waals surface area contributed by atoms with Gasteiger partial charge in [-0.2, -0.15) is 0 Å². The van der Waals surface area contributed by atoms with Gasteiger partial charge in [0.05, 0.1) is 7.11 Å². The van der Waals surface area contributed by atoms with E-state index in [1.54, 1.807) is 7.11 Å². The Kier molecular flexibility index (Phi) is 4.25. The quantitative estimate of drug-likeness (QED) is 0.850. The molecule has 1 aromatic carbocycles. The molecule has 1 aliphatic heterocycles. The number of carbonyl (C=O) groups excluding carboxylic acids is 1. The van der Waals surface area contributed by atoms with Crippen molar-refractivity contribution in [3.05, 3.63) is 28.3 Å². The standard InChI is InChI=1S/C16H23NO2/c1-10-8-14(11(2)12(3)16(10)19-4)15(18)13-6-5-7-17-9-13/h8,13,17H,5-7,9H2,1-4H3. The molecule has 0 saturated carbocycles. The Bertz CT molecular complexity index is 488. The minimum absolute atomic E-state index is 0.125. The average Bonchev–Trinajstić information content (AvgIpc) is 2.43. The van der Waals surface area contributed by atoms with Gasteiger partial charge in [0.25, 0.3) is 0 Å². The maximum absolute atomic E-state index is 12.6. The molecular formula is C16H23NO2. The molecule has 1 unspecified atom stereocenters. The Labute approximate surface area is 115 Å². The van der Waals surface area contributed by atoms with Gasteiger partial charge in [-0.15, -0.1) is 0 Å². The molecule has 1 saturated heterocycles. The van der Waals surface area contributed by atoms with Gasteiger partial charge in [-0.25, -0.2) is 0 Å². The molecular weight excluding hydrogens is 238 g/mol. The van der Waals surface area contributed by atoms with Gasteiger partial charge in [-0.05, 0) is 62.9 Å². The lowest BCUT2D eigenvalue weighted by atomic mass is 9.87. The minimum atomic E-state index is 0.125. The summed E-state index contributed by atoms with van der Waals surface area (Å²) in [4.78, 5) is 12.6. The highest BCUT2D eigenvalue weighted by Gasteiger charge is 2.25. The molecule has 0 bridgehead atoms. The lowest BCUT2D eigenvalue weighted by Crippen LogP contribution is -2.34. The van der Waals surface area contributed by atoms with Crippen molar-refractivity contribution in [1.82, 2.24) is 5.32 Å². The highest BCUT2D eigenvalue weighted by atomic mass is 16.5. The molecule has 0 spiro atoms. The third-order valence-electron chi connectivity index (χ3n) is 4.16. The molecule has 104 valence electrons. The molecule has 0 radical (unpaired) electrons. The van der Waals surface area contributed by atoms with Crippen LogP contribution in [0.4, 0.5) is 0 Å². The SMILES string of the molecule is COc1c(C)cc(C(=O)C2CCCNC2)c(C)c1C. The van der Waals surface area contributed by atoms with Crippen molar-refractivity contribution in [3.8, 4) is 5.75 Å². The normalized spacial score (nSPS) is 19.3. The van der Waals surface area contributed by atoms with Crippen LogP contribution in [-0.2, 0) is 0 Å². The Balaban J connectivity index is 2.36. The van der Waals surface area contributed by atoms with E-state index in [0.29, 0.717) is 0 Å². The number of carbonyl (C=O) groups is 1. The third-order valence-corrected chi connectivity index (χ3v) is 4.16. The lowest BCUT2D eigenvalue weighted by Gasteiger charge is -2.23. The van der Waals surface area contributed by atoms with Crippen LogP contribution in [0.15, 0.2) is 6.07 Å². The lowest BCUT2D eigenvalue weighted by molar-refractivity contribution is 0.0899. The van der Waals surface area contributed by atoms with E-state index in [1.165, 1.54) is 0 Å². The van der Waals surface area contributed by atoms with Crippen molar-refractivity contribution >= 4 is 5.78 Å². The molecule has 3 nitrogen and oxygen atoms in total. The fraction of sp³-hybridized carbons (Fsp3) is 0.562. The number of benzene rings is 1. The van der Waals surface area contributed by atoms with Crippen LogP contribution in [-0.4, -0.2) is 26.0 Å². The molecule has 19 heavy (non-hydrogen) atoms. The number of hydrogen-bond donors (Lipinski definition) is 1. The first kappa shape index (κ1) is 14.1. The van der Waals surface area contributed by atoms with Crippen molar-refractivity contribution in [2.45, 2.75) is 33.6 Å². The first-order valence-electron chi connectivity index (χ1n) is 6.96. The van der Waals surface area contributed by atoms with Gasteiger partial charge < -0.3 is 10.1 Å². The Morgan fingerprint density at radius 2 is 2.05 bits per heavy atom. The summed E-state index contributed by atoms with van der Waals surface area (Å²) < 4.78 is 5.41. The summed E-state index contributed by atoms with van der Waals surface area (Å²) in [5.41, 5.74) is 4.04. The Morgan fingerprint density at radius 1 is 1.32 bits per heavy atom. The van der Waals surface area contributed by atoms with E-state index in [1.807, 2.05) is 26.8 Å². The second-order valence-electron chi connectivity index (χ2n) is 5.43. The Morgan fingerprint density at radius 3 is 2.63 bits per heavy atom. The molecule has 3 heteroatoms. The molecule has 2 rings (SSSR count). The highest BCUT2D eigenvalue weighted by molar-refractivity contribution is 6.00. The van der Waals surface area contributed by atoms with E-state index in [2.05, 4.69) is 5.32 Å². The molecule has 0 aromatic heterocycles. The zero-order chi connectivity index (χ0) is 14.0. The number of ketones is 1. The van der Waals surface area contributed by atoms with Gasteiger partial charge in [0.2, 0.25) is 0 Å².